The maximum absolute atomic E-state index is 12.1. The fraction of sp³-hybridized carbons (Fsp3) is 0.571. The van der Waals surface area contributed by atoms with Crippen molar-refractivity contribution in [3.63, 3.8) is 0 Å². The minimum absolute atomic E-state index is 0.121. The largest absolute Gasteiger partial charge is 0.381 e. The predicted octanol–water partition coefficient (Wildman–Crippen LogP) is 1.67. The number of amides is 1. The van der Waals surface area contributed by atoms with Crippen LogP contribution in [0.3, 0.4) is 0 Å². The van der Waals surface area contributed by atoms with Crippen LogP contribution in [0.25, 0.3) is 0 Å². The fourth-order valence-corrected chi connectivity index (χ4v) is 2.13. The standard InChI is InChI=1S/C14H21N3O2/c1-14(6-8-19-9-7-14)10-16-13(18)11-4-3-5-12(15-2)17-11/h3-5H,6-10H2,1-2H3,(H,15,17)(H,16,18). The second-order valence-electron chi connectivity index (χ2n) is 5.26. The van der Waals surface area contributed by atoms with Gasteiger partial charge in [-0.15, -0.1) is 0 Å². The van der Waals surface area contributed by atoms with Crippen molar-refractivity contribution in [2.24, 2.45) is 5.41 Å². The zero-order valence-electron chi connectivity index (χ0n) is 11.5. The van der Waals surface area contributed by atoms with Gasteiger partial charge in [0.2, 0.25) is 0 Å². The molecule has 1 aliphatic rings. The van der Waals surface area contributed by atoms with Crippen LogP contribution in [-0.4, -0.2) is 37.7 Å². The van der Waals surface area contributed by atoms with Gasteiger partial charge in [-0.25, -0.2) is 4.98 Å². The van der Waals surface area contributed by atoms with Gasteiger partial charge in [-0.05, 0) is 30.4 Å². The van der Waals surface area contributed by atoms with Gasteiger partial charge in [0.05, 0.1) is 0 Å². The Kier molecular flexibility index (Phi) is 4.37. The number of ether oxygens (including phenoxy) is 1. The molecule has 1 fully saturated rings. The molecule has 2 rings (SSSR count). The van der Waals surface area contributed by atoms with Gasteiger partial charge < -0.3 is 15.4 Å². The minimum Gasteiger partial charge on any atom is -0.381 e. The Morgan fingerprint density at radius 1 is 1.42 bits per heavy atom. The molecule has 5 nitrogen and oxygen atoms in total. The maximum atomic E-state index is 12.1. The third-order valence-electron chi connectivity index (χ3n) is 3.61. The lowest BCUT2D eigenvalue weighted by atomic mass is 9.82. The topological polar surface area (TPSA) is 63.2 Å². The minimum atomic E-state index is -0.121. The second-order valence-corrected chi connectivity index (χ2v) is 5.26. The zero-order chi connectivity index (χ0) is 13.7. The molecule has 5 heteroatoms. The van der Waals surface area contributed by atoms with E-state index in [4.69, 9.17) is 4.74 Å². The molecule has 1 aliphatic heterocycles. The molecule has 0 aliphatic carbocycles. The van der Waals surface area contributed by atoms with Gasteiger partial charge in [0.15, 0.2) is 0 Å². The van der Waals surface area contributed by atoms with E-state index >= 15 is 0 Å². The Morgan fingerprint density at radius 2 is 2.16 bits per heavy atom. The van der Waals surface area contributed by atoms with E-state index in [1.165, 1.54) is 0 Å². The normalized spacial score (nSPS) is 17.8. The lowest BCUT2D eigenvalue weighted by molar-refractivity contribution is 0.0238. The van der Waals surface area contributed by atoms with E-state index < -0.39 is 0 Å². The van der Waals surface area contributed by atoms with Gasteiger partial charge in [0, 0.05) is 26.8 Å². The highest BCUT2D eigenvalue weighted by molar-refractivity contribution is 5.92. The lowest BCUT2D eigenvalue weighted by Crippen LogP contribution is -2.39. The number of aromatic nitrogens is 1. The Labute approximate surface area is 113 Å². The average Bonchev–Trinajstić information content (AvgIpc) is 2.46. The lowest BCUT2D eigenvalue weighted by Gasteiger charge is -2.33. The van der Waals surface area contributed by atoms with Crippen molar-refractivity contribution < 1.29 is 9.53 Å². The third kappa shape index (κ3) is 3.67. The molecule has 2 heterocycles. The number of nitrogens with zero attached hydrogens (tertiary/aromatic N) is 1. The molecular formula is C14H21N3O2. The van der Waals surface area contributed by atoms with Crippen LogP contribution in [0.4, 0.5) is 5.82 Å². The number of anilines is 1. The molecule has 0 radical (unpaired) electrons. The summed E-state index contributed by atoms with van der Waals surface area (Å²) in [6, 6.07) is 5.38. The molecule has 0 aromatic carbocycles. The van der Waals surface area contributed by atoms with Gasteiger partial charge in [0.25, 0.3) is 5.91 Å². The molecule has 19 heavy (non-hydrogen) atoms. The summed E-state index contributed by atoms with van der Waals surface area (Å²) in [5.74, 6) is 0.578. The Balaban J connectivity index is 1.93. The number of hydrogen-bond donors (Lipinski definition) is 2. The highest BCUT2D eigenvalue weighted by Crippen LogP contribution is 2.28. The summed E-state index contributed by atoms with van der Waals surface area (Å²) < 4.78 is 5.35. The zero-order valence-corrected chi connectivity index (χ0v) is 11.5. The van der Waals surface area contributed by atoms with Gasteiger partial charge in [-0.3, -0.25) is 4.79 Å². The predicted molar refractivity (Wildman–Crippen MR) is 74.3 cm³/mol. The van der Waals surface area contributed by atoms with Crippen LogP contribution < -0.4 is 10.6 Å². The average molecular weight is 263 g/mol. The first-order valence-electron chi connectivity index (χ1n) is 6.64. The summed E-state index contributed by atoms with van der Waals surface area (Å²) in [5, 5.41) is 5.90. The molecule has 104 valence electrons. The van der Waals surface area contributed by atoms with Crippen LogP contribution in [0.1, 0.15) is 30.3 Å². The van der Waals surface area contributed by atoms with Crippen molar-refractivity contribution in [3.8, 4) is 0 Å². The number of rotatable bonds is 4. The van der Waals surface area contributed by atoms with E-state index in [0.29, 0.717) is 18.1 Å². The summed E-state index contributed by atoms with van der Waals surface area (Å²) in [6.45, 7) is 4.41. The molecule has 1 aromatic heterocycles. The molecule has 2 N–H and O–H groups in total. The van der Waals surface area contributed by atoms with E-state index in [0.717, 1.165) is 26.1 Å². The first-order valence-corrected chi connectivity index (χ1v) is 6.64. The van der Waals surface area contributed by atoms with Crippen LogP contribution in [0.15, 0.2) is 18.2 Å². The van der Waals surface area contributed by atoms with Crippen molar-refractivity contribution in [1.82, 2.24) is 10.3 Å². The Hall–Kier alpha value is -1.62. The van der Waals surface area contributed by atoms with Gasteiger partial charge in [0.1, 0.15) is 11.5 Å². The SMILES string of the molecule is CNc1cccc(C(=O)NCC2(C)CCOCC2)n1. The van der Waals surface area contributed by atoms with Crippen LogP contribution in [-0.2, 0) is 4.74 Å². The van der Waals surface area contributed by atoms with Crippen molar-refractivity contribution in [2.45, 2.75) is 19.8 Å². The van der Waals surface area contributed by atoms with Crippen molar-refractivity contribution in [3.05, 3.63) is 23.9 Å². The summed E-state index contributed by atoms with van der Waals surface area (Å²) in [4.78, 5) is 16.3. The molecule has 1 aromatic rings. The summed E-state index contributed by atoms with van der Waals surface area (Å²) in [6.07, 6.45) is 1.97. The Morgan fingerprint density at radius 3 is 2.84 bits per heavy atom. The van der Waals surface area contributed by atoms with Crippen molar-refractivity contribution in [2.75, 3.05) is 32.1 Å². The smallest absolute Gasteiger partial charge is 0.269 e. The fourth-order valence-electron chi connectivity index (χ4n) is 2.13. The number of nitrogens with one attached hydrogen (secondary N) is 2. The summed E-state index contributed by atoms with van der Waals surface area (Å²) >= 11 is 0. The van der Waals surface area contributed by atoms with E-state index in [9.17, 15) is 4.79 Å². The first kappa shape index (κ1) is 13.8. The monoisotopic (exact) mass is 263 g/mol. The number of carbonyl (C=O) groups is 1. The molecule has 0 unspecified atom stereocenters. The first-order chi connectivity index (χ1) is 9.13. The summed E-state index contributed by atoms with van der Waals surface area (Å²) in [5.41, 5.74) is 0.580. The number of hydrogen-bond acceptors (Lipinski definition) is 4. The maximum Gasteiger partial charge on any atom is 0.269 e. The van der Waals surface area contributed by atoms with Crippen LogP contribution >= 0.6 is 0 Å². The highest BCUT2D eigenvalue weighted by atomic mass is 16.5. The van der Waals surface area contributed by atoms with Gasteiger partial charge in [-0.2, -0.15) is 0 Å². The van der Waals surface area contributed by atoms with Crippen molar-refractivity contribution in [1.29, 1.82) is 0 Å². The highest BCUT2D eigenvalue weighted by Gasteiger charge is 2.27. The van der Waals surface area contributed by atoms with Crippen LogP contribution in [0, 0.1) is 5.41 Å². The Bertz CT molecular complexity index is 442. The molecule has 0 saturated carbocycles. The number of pyridine rings is 1. The van der Waals surface area contributed by atoms with E-state index in [2.05, 4.69) is 22.5 Å². The van der Waals surface area contributed by atoms with Gasteiger partial charge in [-0.1, -0.05) is 13.0 Å². The molecule has 1 saturated heterocycles. The quantitative estimate of drug-likeness (QED) is 0.867. The number of carbonyl (C=O) groups excluding carboxylic acids is 1. The molecule has 0 spiro atoms. The second kappa shape index (κ2) is 6.02. The van der Waals surface area contributed by atoms with E-state index in [1.807, 2.05) is 12.1 Å². The van der Waals surface area contributed by atoms with Crippen LogP contribution in [0.5, 0.6) is 0 Å². The molecule has 1 amide bonds. The van der Waals surface area contributed by atoms with E-state index in [-0.39, 0.29) is 11.3 Å². The van der Waals surface area contributed by atoms with Crippen molar-refractivity contribution >= 4 is 11.7 Å². The van der Waals surface area contributed by atoms with Gasteiger partial charge >= 0.3 is 0 Å². The third-order valence-corrected chi connectivity index (χ3v) is 3.61. The van der Waals surface area contributed by atoms with E-state index in [1.54, 1.807) is 13.1 Å². The molecule has 0 atom stereocenters. The summed E-state index contributed by atoms with van der Waals surface area (Å²) in [7, 11) is 1.78. The van der Waals surface area contributed by atoms with Crippen LogP contribution in [0.2, 0.25) is 0 Å². The molecule has 0 bridgehead atoms. The molecular weight excluding hydrogens is 242 g/mol.